The SMILES string of the molecule is CCNC(=NCCC(=O)NC(C)CC)N1CCOC(c2cnn(C)c2)C1. The molecule has 2 heterocycles. The van der Waals surface area contributed by atoms with E-state index in [0.717, 1.165) is 37.6 Å². The Morgan fingerprint density at radius 2 is 2.31 bits per heavy atom. The van der Waals surface area contributed by atoms with E-state index in [1.807, 2.05) is 33.3 Å². The lowest BCUT2D eigenvalue weighted by atomic mass is 10.1. The zero-order chi connectivity index (χ0) is 18.9. The van der Waals surface area contributed by atoms with Crippen LogP contribution in [0.3, 0.4) is 0 Å². The summed E-state index contributed by atoms with van der Waals surface area (Å²) in [5, 5.41) is 10.5. The summed E-state index contributed by atoms with van der Waals surface area (Å²) >= 11 is 0. The van der Waals surface area contributed by atoms with Crippen molar-refractivity contribution >= 4 is 11.9 Å². The second-order valence-corrected chi connectivity index (χ2v) is 6.62. The molecule has 0 radical (unpaired) electrons. The van der Waals surface area contributed by atoms with Gasteiger partial charge >= 0.3 is 0 Å². The number of ether oxygens (including phenoxy) is 1. The molecule has 8 heteroatoms. The molecule has 8 nitrogen and oxygen atoms in total. The van der Waals surface area contributed by atoms with Crippen LogP contribution in [0.2, 0.25) is 0 Å². The average Bonchev–Trinajstić information content (AvgIpc) is 3.07. The first-order valence-electron chi connectivity index (χ1n) is 9.46. The number of aromatic nitrogens is 2. The fourth-order valence-corrected chi connectivity index (χ4v) is 2.79. The number of nitrogens with zero attached hydrogens (tertiary/aromatic N) is 4. The number of amides is 1. The Labute approximate surface area is 156 Å². The number of carbonyl (C=O) groups excluding carboxylic acids is 1. The summed E-state index contributed by atoms with van der Waals surface area (Å²) in [6.07, 6.45) is 5.14. The number of aryl methyl sites for hydroxylation is 1. The molecule has 0 bridgehead atoms. The van der Waals surface area contributed by atoms with Crippen LogP contribution in [0.25, 0.3) is 0 Å². The number of aliphatic imine (C=N–C) groups is 1. The van der Waals surface area contributed by atoms with Crippen LogP contribution in [0.15, 0.2) is 17.4 Å². The molecule has 2 atom stereocenters. The second-order valence-electron chi connectivity index (χ2n) is 6.62. The Morgan fingerprint density at radius 3 is 2.96 bits per heavy atom. The van der Waals surface area contributed by atoms with Crippen molar-refractivity contribution in [2.75, 3.05) is 32.8 Å². The maximum absolute atomic E-state index is 11.9. The van der Waals surface area contributed by atoms with Crippen molar-refractivity contribution in [2.24, 2.45) is 12.0 Å². The second kappa shape index (κ2) is 10.2. The predicted molar refractivity (Wildman–Crippen MR) is 102 cm³/mol. The van der Waals surface area contributed by atoms with Gasteiger partial charge in [-0.1, -0.05) is 6.92 Å². The van der Waals surface area contributed by atoms with E-state index in [1.54, 1.807) is 4.68 Å². The molecule has 146 valence electrons. The third-order valence-electron chi connectivity index (χ3n) is 4.42. The Balaban J connectivity index is 1.93. The summed E-state index contributed by atoms with van der Waals surface area (Å²) in [6.45, 7) is 9.51. The van der Waals surface area contributed by atoms with Crippen LogP contribution in [0, 0.1) is 0 Å². The van der Waals surface area contributed by atoms with E-state index in [2.05, 4.69) is 32.5 Å². The minimum atomic E-state index is -0.0185. The molecule has 2 unspecified atom stereocenters. The summed E-state index contributed by atoms with van der Waals surface area (Å²) in [5.41, 5.74) is 1.07. The minimum Gasteiger partial charge on any atom is -0.370 e. The summed E-state index contributed by atoms with van der Waals surface area (Å²) in [7, 11) is 1.90. The van der Waals surface area contributed by atoms with Crippen LogP contribution in [-0.2, 0) is 16.6 Å². The molecular weight excluding hydrogens is 332 g/mol. The third kappa shape index (κ3) is 6.01. The number of guanidine groups is 1. The first-order chi connectivity index (χ1) is 12.5. The van der Waals surface area contributed by atoms with Crippen molar-refractivity contribution < 1.29 is 9.53 Å². The van der Waals surface area contributed by atoms with Gasteiger partial charge in [-0.15, -0.1) is 0 Å². The molecule has 1 saturated heterocycles. The largest absolute Gasteiger partial charge is 0.370 e. The Bertz CT molecular complexity index is 600. The lowest BCUT2D eigenvalue weighted by Crippen LogP contribution is -2.48. The molecule has 1 amide bonds. The summed E-state index contributed by atoms with van der Waals surface area (Å²) in [4.78, 5) is 18.8. The lowest BCUT2D eigenvalue weighted by molar-refractivity contribution is -0.121. The Kier molecular flexibility index (Phi) is 7.90. The predicted octanol–water partition coefficient (Wildman–Crippen LogP) is 1.06. The number of nitrogens with one attached hydrogen (secondary N) is 2. The zero-order valence-corrected chi connectivity index (χ0v) is 16.4. The van der Waals surface area contributed by atoms with Gasteiger partial charge in [0.05, 0.1) is 25.9 Å². The van der Waals surface area contributed by atoms with E-state index in [4.69, 9.17) is 4.74 Å². The first-order valence-corrected chi connectivity index (χ1v) is 9.46. The Morgan fingerprint density at radius 1 is 1.50 bits per heavy atom. The van der Waals surface area contributed by atoms with E-state index < -0.39 is 0 Å². The van der Waals surface area contributed by atoms with Gasteiger partial charge in [0, 0.05) is 44.4 Å². The molecule has 0 saturated carbocycles. The van der Waals surface area contributed by atoms with Gasteiger partial charge in [0.15, 0.2) is 5.96 Å². The fourth-order valence-electron chi connectivity index (χ4n) is 2.79. The standard InChI is InChI=1S/C18H32N6O2/c1-5-14(3)22-17(25)7-8-20-18(19-6-2)24-9-10-26-16(13-24)15-11-21-23(4)12-15/h11-12,14,16H,5-10,13H2,1-4H3,(H,19,20)(H,22,25). The number of carbonyl (C=O) groups is 1. The maximum atomic E-state index is 11.9. The van der Waals surface area contributed by atoms with Gasteiger partial charge in [-0.3, -0.25) is 14.5 Å². The number of rotatable bonds is 7. The minimum absolute atomic E-state index is 0.0185. The van der Waals surface area contributed by atoms with Crippen LogP contribution in [0.4, 0.5) is 0 Å². The van der Waals surface area contributed by atoms with E-state index in [1.165, 1.54) is 0 Å². The highest BCUT2D eigenvalue weighted by atomic mass is 16.5. The summed E-state index contributed by atoms with van der Waals surface area (Å²) < 4.78 is 7.68. The fraction of sp³-hybridized carbons (Fsp3) is 0.722. The van der Waals surface area contributed by atoms with Gasteiger partial charge in [-0.25, -0.2) is 0 Å². The van der Waals surface area contributed by atoms with Gasteiger partial charge in [-0.2, -0.15) is 5.10 Å². The molecule has 2 rings (SSSR count). The molecule has 0 aliphatic carbocycles. The quantitative estimate of drug-likeness (QED) is 0.558. The molecule has 0 aromatic carbocycles. The lowest BCUT2D eigenvalue weighted by Gasteiger charge is -2.34. The first kappa shape index (κ1) is 20.2. The van der Waals surface area contributed by atoms with Gasteiger partial charge in [0.25, 0.3) is 0 Å². The van der Waals surface area contributed by atoms with Crippen LogP contribution in [-0.4, -0.2) is 65.4 Å². The van der Waals surface area contributed by atoms with Crippen molar-refractivity contribution in [3.63, 3.8) is 0 Å². The monoisotopic (exact) mass is 364 g/mol. The van der Waals surface area contributed by atoms with E-state index in [-0.39, 0.29) is 18.1 Å². The van der Waals surface area contributed by atoms with Crippen LogP contribution >= 0.6 is 0 Å². The van der Waals surface area contributed by atoms with Crippen LogP contribution < -0.4 is 10.6 Å². The smallest absolute Gasteiger partial charge is 0.222 e. The molecule has 1 fully saturated rings. The van der Waals surface area contributed by atoms with Crippen LogP contribution in [0.5, 0.6) is 0 Å². The van der Waals surface area contributed by atoms with E-state index >= 15 is 0 Å². The van der Waals surface area contributed by atoms with Gasteiger partial charge in [-0.05, 0) is 20.3 Å². The summed E-state index contributed by atoms with van der Waals surface area (Å²) in [5.74, 6) is 0.884. The molecule has 1 aliphatic rings. The number of hydrogen-bond donors (Lipinski definition) is 2. The molecule has 0 spiro atoms. The topological polar surface area (TPSA) is 83.8 Å². The average molecular weight is 364 g/mol. The molecular formula is C18H32N6O2. The number of hydrogen-bond acceptors (Lipinski definition) is 4. The van der Waals surface area contributed by atoms with Crippen molar-refractivity contribution in [3.05, 3.63) is 18.0 Å². The molecule has 2 N–H and O–H groups in total. The van der Waals surface area contributed by atoms with Gasteiger partial charge in [0.2, 0.25) is 5.91 Å². The van der Waals surface area contributed by atoms with Gasteiger partial charge < -0.3 is 20.3 Å². The maximum Gasteiger partial charge on any atom is 0.222 e. The van der Waals surface area contributed by atoms with E-state index in [0.29, 0.717) is 19.6 Å². The normalized spacial score (nSPS) is 19.3. The molecule has 1 aromatic heterocycles. The third-order valence-corrected chi connectivity index (χ3v) is 4.42. The van der Waals surface area contributed by atoms with Crippen molar-refractivity contribution in [1.82, 2.24) is 25.3 Å². The Hall–Kier alpha value is -2.09. The molecule has 26 heavy (non-hydrogen) atoms. The number of morpholine rings is 1. The van der Waals surface area contributed by atoms with E-state index in [9.17, 15) is 4.79 Å². The van der Waals surface area contributed by atoms with Crippen molar-refractivity contribution in [2.45, 2.75) is 45.8 Å². The van der Waals surface area contributed by atoms with Crippen molar-refractivity contribution in [1.29, 1.82) is 0 Å². The van der Waals surface area contributed by atoms with Gasteiger partial charge in [0.1, 0.15) is 6.10 Å². The van der Waals surface area contributed by atoms with Crippen LogP contribution in [0.1, 0.15) is 45.3 Å². The molecule has 1 aliphatic heterocycles. The van der Waals surface area contributed by atoms with Crippen molar-refractivity contribution in [3.8, 4) is 0 Å². The highest BCUT2D eigenvalue weighted by Gasteiger charge is 2.25. The molecule has 1 aromatic rings. The highest BCUT2D eigenvalue weighted by molar-refractivity contribution is 5.81. The zero-order valence-electron chi connectivity index (χ0n) is 16.4. The summed E-state index contributed by atoms with van der Waals surface area (Å²) in [6, 6.07) is 0.208. The highest BCUT2D eigenvalue weighted by Crippen LogP contribution is 2.21.